The van der Waals surface area contributed by atoms with Crippen LogP contribution >= 0.6 is 0 Å². The van der Waals surface area contributed by atoms with Crippen LogP contribution in [0.1, 0.15) is 30.6 Å². The van der Waals surface area contributed by atoms with Crippen LogP contribution in [0.2, 0.25) is 0 Å². The van der Waals surface area contributed by atoms with E-state index in [2.05, 4.69) is 35.7 Å². The fraction of sp³-hybridized carbons (Fsp3) is 0.381. The topological polar surface area (TPSA) is 54.3 Å². The third-order valence-corrected chi connectivity index (χ3v) is 4.50. The molecule has 25 heavy (non-hydrogen) atoms. The van der Waals surface area contributed by atoms with Gasteiger partial charge < -0.3 is 14.8 Å². The maximum atomic E-state index is 8.78. The summed E-state index contributed by atoms with van der Waals surface area (Å²) in [7, 11) is 0. The maximum absolute atomic E-state index is 8.78. The molecule has 0 amide bonds. The molecule has 3 rings (SSSR count). The van der Waals surface area contributed by atoms with E-state index in [9.17, 15) is 0 Å². The predicted octanol–water partition coefficient (Wildman–Crippen LogP) is 3.84. The van der Waals surface area contributed by atoms with Gasteiger partial charge in [-0.15, -0.1) is 0 Å². The lowest BCUT2D eigenvalue weighted by atomic mass is 9.95. The van der Waals surface area contributed by atoms with Crippen LogP contribution in [-0.2, 0) is 11.3 Å². The van der Waals surface area contributed by atoms with E-state index in [-0.39, 0.29) is 6.10 Å². The molecule has 4 nitrogen and oxygen atoms in total. The lowest BCUT2D eigenvalue weighted by molar-refractivity contribution is 0.0904. The van der Waals surface area contributed by atoms with Crippen molar-refractivity contribution in [2.45, 2.75) is 32.1 Å². The summed E-state index contributed by atoms with van der Waals surface area (Å²) in [5.41, 5.74) is 2.46. The van der Waals surface area contributed by atoms with Crippen LogP contribution in [0.4, 0.5) is 0 Å². The molecular weight excluding hydrogens is 312 g/mol. The Balaban J connectivity index is 1.48. The van der Waals surface area contributed by atoms with Crippen molar-refractivity contribution in [1.82, 2.24) is 5.32 Å². The zero-order valence-corrected chi connectivity index (χ0v) is 14.5. The monoisotopic (exact) mass is 336 g/mol. The van der Waals surface area contributed by atoms with E-state index in [1.807, 2.05) is 30.3 Å². The number of ether oxygens (including phenoxy) is 2. The molecular formula is C21H24N2O2. The van der Waals surface area contributed by atoms with Crippen molar-refractivity contribution in [3.8, 4) is 11.8 Å². The molecule has 0 saturated carbocycles. The van der Waals surface area contributed by atoms with Gasteiger partial charge in [-0.3, -0.25) is 0 Å². The molecule has 2 aromatic carbocycles. The lowest BCUT2D eigenvalue weighted by Gasteiger charge is -2.19. The van der Waals surface area contributed by atoms with Crippen molar-refractivity contribution in [2.24, 2.45) is 5.92 Å². The minimum Gasteiger partial charge on any atom is -0.476 e. The lowest BCUT2D eigenvalue weighted by Crippen LogP contribution is -2.24. The average Bonchev–Trinajstić information content (AvgIpc) is 3.12. The number of hydrogen-bond donors (Lipinski definition) is 1. The summed E-state index contributed by atoms with van der Waals surface area (Å²) in [6.45, 7) is 4.31. The van der Waals surface area contributed by atoms with Gasteiger partial charge in [-0.25, -0.2) is 0 Å². The van der Waals surface area contributed by atoms with E-state index < -0.39 is 6.10 Å². The summed E-state index contributed by atoms with van der Waals surface area (Å²) in [6, 6.07) is 20.4. The molecule has 4 heteroatoms. The Morgan fingerprint density at radius 3 is 2.68 bits per heavy atom. The third kappa shape index (κ3) is 4.82. The van der Waals surface area contributed by atoms with E-state index in [0.717, 1.165) is 31.9 Å². The zero-order chi connectivity index (χ0) is 17.5. The van der Waals surface area contributed by atoms with Gasteiger partial charge >= 0.3 is 0 Å². The van der Waals surface area contributed by atoms with Gasteiger partial charge in [-0.1, -0.05) is 42.5 Å². The zero-order valence-electron chi connectivity index (χ0n) is 14.5. The Morgan fingerprint density at radius 1 is 1.20 bits per heavy atom. The summed E-state index contributed by atoms with van der Waals surface area (Å²) < 4.78 is 11.4. The van der Waals surface area contributed by atoms with Gasteiger partial charge in [-0.2, -0.15) is 5.26 Å². The second-order valence-corrected chi connectivity index (χ2v) is 6.41. The fourth-order valence-electron chi connectivity index (χ4n) is 3.17. The minimum atomic E-state index is -0.429. The minimum absolute atomic E-state index is 0.192. The first-order valence-electron chi connectivity index (χ1n) is 8.79. The van der Waals surface area contributed by atoms with E-state index in [1.165, 1.54) is 11.1 Å². The quantitative estimate of drug-likeness (QED) is 0.834. The second kappa shape index (κ2) is 8.66. The first-order chi connectivity index (χ1) is 12.3. The summed E-state index contributed by atoms with van der Waals surface area (Å²) in [5.74, 6) is 1.23. The number of nitrogens with zero attached hydrogens (tertiary/aromatic N) is 1. The van der Waals surface area contributed by atoms with E-state index in [4.69, 9.17) is 14.7 Å². The average molecular weight is 336 g/mol. The highest BCUT2D eigenvalue weighted by Crippen LogP contribution is 2.33. The van der Waals surface area contributed by atoms with Crippen molar-refractivity contribution >= 4 is 0 Å². The maximum Gasteiger partial charge on any atom is 0.181 e. The Kier molecular flexibility index (Phi) is 6.05. The molecule has 1 fully saturated rings. The summed E-state index contributed by atoms with van der Waals surface area (Å²) in [5, 5.41) is 12.3. The van der Waals surface area contributed by atoms with Crippen LogP contribution in [-0.4, -0.2) is 19.3 Å². The number of rotatable bonds is 7. The molecule has 3 atom stereocenters. The van der Waals surface area contributed by atoms with Gasteiger partial charge in [-0.05, 0) is 36.6 Å². The largest absolute Gasteiger partial charge is 0.476 e. The molecule has 0 aliphatic carbocycles. The number of benzene rings is 2. The molecule has 1 heterocycles. The Morgan fingerprint density at radius 2 is 1.96 bits per heavy atom. The molecule has 0 spiro atoms. The molecule has 1 N–H and O–H groups in total. The van der Waals surface area contributed by atoms with Gasteiger partial charge in [0.25, 0.3) is 0 Å². The van der Waals surface area contributed by atoms with Crippen LogP contribution in [0.25, 0.3) is 0 Å². The van der Waals surface area contributed by atoms with Crippen LogP contribution in [0, 0.1) is 17.2 Å². The standard InChI is InChI=1S/C21H24N2O2/c1-16(13-22)25-20-9-7-17(8-10-20)14-23-15-19-11-12-24-21(19)18-5-3-2-4-6-18/h2-10,16,19,21,23H,11-12,14-15H2,1H3/t16?,19-,21-/m1/s1. The normalized spacial score (nSPS) is 20.8. The van der Waals surface area contributed by atoms with Crippen molar-refractivity contribution in [2.75, 3.05) is 13.2 Å². The number of nitriles is 1. The first-order valence-corrected chi connectivity index (χ1v) is 8.79. The smallest absolute Gasteiger partial charge is 0.181 e. The SMILES string of the molecule is CC(C#N)Oc1ccc(CNC[C@H]2CCO[C@@H]2c2ccccc2)cc1. The number of hydrogen-bond acceptors (Lipinski definition) is 4. The van der Waals surface area contributed by atoms with Crippen LogP contribution in [0.3, 0.4) is 0 Å². The Labute approximate surface area is 149 Å². The number of nitrogens with one attached hydrogen (secondary N) is 1. The van der Waals surface area contributed by atoms with Crippen molar-refractivity contribution in [3.63, 3.8) is 0 Å². The van der Waals surface area contributed by atoms with Gasteiger partial charge in [0.15, 0.2) is 6.10 Å². The van der Waals surface area contributed by atoms with E-state index in [1.54, 1.807) is 6.92 Å². The van der Waals surface area contributed by atoms with Crippen molar-refractivity contribution in [1.29, 1.82) is 5.26 Å². The van der Waals surface area contributed by atoms with Crippen molar-refractivity contribution < 1.29 is 9.47 Å². The van der Waals surface area contributed by atoms with Crippen molar-refractivity contribution in [3.05, 3.63) is 65.7 Å². The molecule has 1 aliphatic heterocycles. The molecule has 0 bridgehead atoms. The van der Waals surface area contributed by atoms with E-state index >= 15 is 0 Å². The molecule has 130 valence electrons. The molecule has 1 saturated heterocycles. The highest BCUT2D eigenvalue weighted by molar-refractivity contribution is 5.27. The third-order valence-electron chi connectivity index (χ3n) is 4.50. The molecule has 1 aliphatic rings. The van der Waals surface area contributed by atoms with Gasteiger partial charge in [0.2, 0.25) is 0 Å². The highest BCUT2D eigenvalue weighted by atomic mass is 16.5. The first kappa shape index (κ1) is 17.5. The van der Waals surface area contributed by atoms with Gasteiger partial charge in [0.1, 0.15) is 11.8 Å². The van der Waals surface area contributed by atoms with Crippen LogP contribution in [0.5, 0.6) is 5.75 Å². The van der Waals surface area contributed by atoms with Crippen LogP contribution < -0.4 is 10.1 Å². The van der Waals surface area contributed by atoms with Gasteiger partial charge in [0.05, 0.1) is 6.10 Å². The highest BCUT2D eigenvalue weighted by Gasteiger charge is 2.28. The molecule has 2 aromatic rings. The molecule has 0 radical (unpaired) electrons. The molecule has 0 aromatic heterocycles. The summed E-state index contributed by atoms with van der Waals surface area (Å²) in [4.78, 5) is 0. The fourth-order valence-corrected chi connectivity index (χ4v) is 3.17. The Bertz CT molecular complexity index is 694. The van der Waals surface area contributed by atoms with Crippen LogP contribution in [0.15, 0.2) is 54.6 Å². The predicted molar refractivity (Wildman–Crippen MR) is 97.1 cm³/mol. The molecule has 1 unspecified atom stereocenters. The summed E-state index contributed by atoms with van der Waals surface area (Å²) in [6.07, 6.45) is 0.851. The van der Waals surface area contributed by atoms with E-state index in [0.29, 0.717) is 5.92 Å². The summed E-state index contributed by atoms with van der Waals surface area (Å²) >= 11 is 0. The Hall–Kier alpha value is -2.35. The second-order valence-electron chi connectivity index (χ2n) is 6.41. The van der Waals surface area contributed by atoms with Gasteiger partial charge in [0, 0.05) is 25.6 Å².